The third kappa shape index (κ3) is 3.66. The van der Waals surface area contributed by atoms with E-state index in [1.54, 1.807) is 18.5 Å². The van der Waals surface area contributed by atoms with Gasteiger partial charge in [0.2, 0.25) is 11.6 Å². The van der Waals surface area contributed by atoms with Crippen LogP contribution in [0.1, 0.15) is 27.4 Å². The fourth-order valence-electron chi connectivity index (χ4n) is 3.51. The highest BCUT2D eigenvalue weighted by molar-refractivity contribution is 6.36. The van der Waals surface area contributed by atoms with Gasteiger partial charge in [0.25, 0.3) is 11.7 Å². The number of fused-ring (bicyclic) bond motifs is 1. The molecule has 0 aliphatic carbocycles. The van der Waals surface area contributed by atoms with Crippen LogP contribution in [0.2, 0.25) is 10.2 Å². The maximum atomic E-state index is 13.4. The normalized spacial score (nSPS) is 11.2. The molecule has 2 aromatic carbocycles. The summed E-state index contributed by atoms with van der Waals surface area (Å²) in [5, 5.41) is 5.51. The van der Waals surface area contributed by atoms with E-state index in [2.05, 4.69) is 20.1 Å². The number of aromatic nitrogens is 5. The number of carbonyl (C=O) groups excluding carboxylic acids is 1. The number of carbonyl (C=O) groups is 1. The van der Waals surface area contributed by atoms with Crippen LogP contribution in [0.5, 0.6) is 0 Å². The van der Waals surface area contributed by atoms with Gasteiger partial charge in [-0.2, -0.15) is 4.98 Å². The zero-order valence-corrected chi connectivity index (χ0v) is 18.3. The Morgan fingerprint density at radius 1 is 1.03 bits per heavy atom. The van der Waals surface area contributed by atoms with E-state index in [0.717, 1.165) is 16.6 Å². The van der Waals surface area contributed by atoms with Crippen molar-refractivity contribution in [1.82, 2.24) is 24.7 Å². The lowest BCUT2D eigenvalue weighted by Crippen LogP contribution is -2.04. The Balaban J connectivity index is 1.60. The summed E-state index contributed by atoms with van der Waals surface area (Å²) in [6.45, 7) is 2.42. The van der Waals surface area contributed by atoms with Crippen LogP contribution >= 0.6 is 23.2 Å². The van der Waals surface area contributed by atoms with E-state index in [9.17, 15) is 4.79 Å². The van der Waals surface area contributed by atoms with Crippen LogP contribution in [-0.2, 0) is 6.54 Å². The molecule has 0 N–H and O–H groups in total. The largest absolute Gasteiger partial charge is 0.330 e. The van der Waals surface area contributed by atoms with Gasteiger partial charge in [0.15, 0.2) is 0 Å². The zero-order valence-electron chi connectivity index (χ0n) is 16.8. The molecule has 0 saturated carbocycles. The van der Waals surface area contributed by atoms with Crippen LogP contribution in [-0.4, -0.2) is 30.5 Å². The van der Waals surface area contributed by atoms with Crippen molar-refractivity contribution in [1.29, 1.82) is 0 Å². The molecule has 0 unspecified atom stereocenters. The van der Waals surface area contributed by atoms with Gasteiger partial charge in [-0.05, 0) is 42.8 Å². The van der Waals surface area contributed by atoms with Gasteiger partial charge >= 0.3 is 0 Å². The lowest BCUT2D eigenvalue weighted by atomic mass is 10.1. The number of benzene rings is 2. The predicted molar refractivity (Wildman–Crippen MR) is 121 cm³/mol. The Morgan fingerprint density at radius 2 is 1.78 bits per heavy atom. The van der Waals surface area contributed by atoms with E-state index in [-0.39, 0.29) is 17.5 Å². The topological polar surface area (TPSA) is 86.7 Å². The highest BCUT2D eigenvalue weighted by Gasteiger charge is 2.27. The minimum atomic E-state index is -0.463. The van der Waals surface area contributed by atoms with E-state index in [1.807, 2.05) is 54.0 Å². The highest BCUT2D eigenvalue weighted by Crippen LogP contribution is 2.33. The minimum Gasteiger partial charge on any atom is -0.330 e. The summed E-state index contributed by atoms with van der Waals surface area (Å²) in [4.78, 5) is 25.8. The van der Waals surface area contributed by atoms with E-state index < -0.39 is 5.78 Å². The van der Waals surface area contributed by atoms with E-state index >= 15 is 0 Å². The quantitative estimate of drug-likeness (QED) is 0.325. The minimum absolute atomic E-state index is 0.131. The Labute approximate surface area is 192 Å². The van der Waals surface area contributed by atoms with Gasteiger partial charge < -0.3 is 9.09 Å². The molecule has 5 rings (SSSR count). The van der Waals surface area contributed by atoms with Crippen LogP contribution in [0.15, 0.2) is 65.4 Å². The second kappa shape index (κ2) is 8.18. The summed E-state index contributed by atoms with van der Waals surface area (Å²) in [6.07, 6.45) is 3.12. The van der Waals surface area contributed by atoms with Gasteiger partial charge in [0, 0.05) is 29.3 Å². The standard InChI is InChI=1S/C23H15Cl2N5O2/c1-13-3-8-17-16(11-13)18(20(25)30(17)12-14-4-6-15(24)7-5-14)19(31)23-28-22(29-32-23)21-26-9-2-10-27-21/h2-11H,12H2,1H3. The number of halogens is 2. The van der Waals surface area contributed by atoms with Gasteiger partial charge in [-0.25, -0.2) is 9.97 Å². The molecule has 32 heavy (non-hydrogen) atoms. The van der Waals surface area contributed by atoms with Gasteiger partial charge in [-0.3, -0.25) is 4.79 Å². The SMILES string of the molecule is Cc1ccc2c(c1)c(C(=O)c1nc(-c3ncccn3)no1)c(Cl)n2Cc1ccc(Cl)cc1. The number of nitrogens with zero attached hydrogens (tertiary/aromatic N) is 5. The van der Waals surface area contributed by atoms with Gasteiger partial charge in [-0.15, -0.1) is 0 Å². The molecule has 0 amide bonds. The molecule has 0 saturated heterocycles. The highest BCUT2D eigenvalue weighted by atomic mass is 35.5. The first-order valence-electron chi connectivity index (χ1n) is 9.70. The fourth-order valence-corrected chi connectivity index (χ4v) is 3.97. The molecule has 0 fully saturated rings. The summed E-state index contributed by atoms with van der Waals surface area (Å²) in [5.74, 6) is -0.245. The van der Waals surface area contributed by atoms with Crippen LogP contribution in [0, 0.1) is 6.92 Å². The second-order valence-corrected chi connectivity index (χ2v) is 8.02. The van der Waals surface area contributed by atoms with Crippen molar-refractivity contribution in [3.63, 3.8) is 0 Å². The molecule has 7 nitrogen and oxygen atoms in total. The molecular formula is C23H15Cl2N5O2. The molecular weight excluding hydrogens is 449 g/mol. The first kappa shape index (κ1) is 20.4. The molecule has 0 aliphatic heterocycles. The lowest BCUT2D eigenvalue weighted by molar-refractivity contribution is 0.0995. The molecule has 0 bridgehead atoms. The maximum absolute atomic E-state index is 13.4. The van der Waals surface area contributed by atoms with Gasteiger partial charge in [0.05, 0.1) is 11.1 Å². The first-order chi connectivity index (χ1) is 15.5. The van der Waals surface area contributed by atoms with Crippen molar-refractivity contribution in [3.8, 4) is 11.6 Å². The van der Waals surface area contributed by atoms with E-state index in [4.69, 9.17) is 27.7 Å². The lowest BCUT2D eigenvalue weighted by Gasteiger charge is -2.08. The second-order valence-electron chi connectivity index (χ2n) is 7.22. The summed E-state index contributed by atoms with van der Waals surface area (Å²) in [5.41, 5.74) is 3.12. The molecule has 0 spiro atoms. The maximum Gasteiger partial charge on any atom is 0.299 e. The van der Waals surface area contributed by atoms with Crippen LogP contribution in [0.3, 0.4) is 0 Å². The number of aryl methyl sites for hydroxylation is 1. The van der Waals surface area contributed by atoms with Crippen molar-refractivity contribution < 1.29 is 9.32 Å². The Kier molecular flexibility index (Phi) is 5.20. The van der Waals surface area contributed by atoms with Crippen molar-refractivity contribution in [3.05, 3.63) is 93.7 Å². The van der Waals surface area contributed by atoms with Crippen LogP contribution < -0.4 is 0 Å². The molecule has 9 heteroatoms. The Bertz CT molecular complexity index is 1440. The van der Waals surface area contributed by atoms with Gasteiger partial charge in [0.1, 0.15) is 5.15 Å². The molecule has 3 aromatic heterocycles. The molecule has 0 aliphatic rings. The first-order valence-corrected chi connectivity index (χ1v) is 10.5. The molecule has 3 heterocycles. The number of hydrogen-bond acceptors (Lipinski definition) is 6. The third-order valence-electron chi connectivity index (χ3n) is 5.02. The van der Waals surface area contributed by atoms with Crippen LogP contribution in [0.4, 0.5) is 0 Å². The van der Waals surface area contributed by atoms with Crippen LogP contribution in [0.25, 0.3) is 22.6 Å². The predicted octanol–water partition coefficient (Wildman–Crippen LogP) is 5.38. The molecule has 0 atom stereocenters. The summed E-state index contributed by atoms with van der Waals surface area (Å²) < 4.78 is 7.12. The van der Waals surface area contributed by atoms with E-state index in [0.29, 0.717) is 27.7 Å². The smallest absolute Gasteiger partial charge is 0.299 e. The Hall–Kier alpha value is -3.55. The number of ketones is 1. The summed E-state index contributed by atoms with van der Waals surface area (Å²) in [6, 6.07) is 15.0. The summed E-state index contributed by atoms with van der Waals surface area (Å²) >= 11 is 12.8. The molecule has 5 aromatic rings. The van der Waals surface area contributed by atoms with Crippen molar-refractivity contribution in [2.75, 3.05) is 0 Å². The monoisotopic (exact) mass is 463 g/mol. The van der Waals surface area contributed by atoms with E-state index in [1.165, 1.54) is 0 Å². The van der Waals surface area contributed by atoms with Crippen molar-refractivity contribution in [2.24, 2.45) is 0 Å². The van der Waals surface area contributed by atoms with Crippen molar-refractivity contribution >= 4 is 39.9 Å². The molecule has 0 radical (unpaired) electrons. The zero-order chi connectivity index (χ0) is 22.2. The fraction of sp³-hybridized carbons (Fsp3) is 0.0870. The number of hydrogen-bond donors (Lipinski definition) is 0. The van der Waals surface area contributed by atoms with Gasteiger partial charge in [-0.1, -0.05) is 52.1 Å². The average Bonchev–Trinajstić information content (AvgIpc) is 3.39. The number of rotatable bonds is 5. The molecule has 158 valence electrons. The Morgan fingerprint density at radius 3 is 2.53 bits per heavy atom. The average molecular weight is 464 g/mol. The summed E-state index contributed by atoms with van der Waals surface area (Å²) in [7, 11) is 0. The third-order valence-corrected chi connectivity index (χ3v) is 5.67. The van der Waals surface area contributed by atoms with Crippen molar-refractivity contribution in [2.45, 2.75) is 13.5 Å².